The predicted molar refractivity (Wildman–Crippen MR) is 140 cm³/mol. The molecule has 1 amide bonds. The molecule has 4 rings (SSSR count). The second-order valence-electron chi connectivity index (χ2n) is 7.96. The fraction of sp³-hybridized carbons (Fsp3) is 0.320. The van der Waals surface area contributed by atoms with Crippen LogP contribution in [0, 0.1) is 5.92 Å². The number of hydrogen-bond donors (Lipinski definition) is 2. The summed E-state index contributed by atoms with van der Waals surface area (Å²) in [6.07, 6.45) is 3.12. The second kappa shape index (κ2) is 12.4. The molecular weight excluding hydrogens is 529 g/mol. The largest absolute Gasteiger partial charge is 0.444 e. The van der Waals surface area contributed by atoms with E-state index in [1.54, 1.807) is 13.3 Å². The molecule has 1 saturated heterocycles. The van der Waals surface area contributed by atoms with E-state index in [9.17, 15) is 4.79 Å². The molecule has 0 saturated carbocycles. The highest BCUT2D eigenvalue weighted by atomic mass is 127. The predicted octanol–water partition coefficient (Wildman–Crippen LogP) is 3.72. The number of hydrogen-bond acceptors (Lipinski definition) is 4. The number of benzene rings is 2. The van der Waals surface area contributed by atoms with Crippen molar-refractivity contribution >= 4 is 35.8 Å². The van der Waals surface area contributed by atoms with Crippen LogP contribution in [0.1, 0.15) is 17.7 Å². The standard InChI is InChI=1S/C25H29N5O2.HI/c1-26-25(28-16-22-18-32-24(29-22)21-10-6-3-7-11-21)27-15-20-14-23(31)30(17-20)13-12-19-8-4-2-5-9-19;/h2-11,18,20H,12-17H2,1H3,(H2,26,27,28);1H. The van der Waals surface area contributed by atoms with E-state index in [0.29, 0.717) is 31.4 Å². The Morgan fingerprint density at radius 3 is 2.58 bits per heavy atom. The third kappa shape index (κ3) is 7.05. The van der Waals surface area contributed by atoms with Crippen molar-refractivity contribution in [2.75, 3.05) is 26.7 Å². The number of likely N-dealkylation sites (tertiary alicyclic amines) is 1. The molecule has 2 aromatic carbocycles. The zero-order valence-corrected chi connectivity index (χ0v) is 21.1. The van der Waals surface area contributed by atoms with E-state index < -0.39 is 0 Å². The molecule has 0 spiro atoms. The minimum atomic E-state index is 0. The average molecular weight is 559 g/mol. The lowest BCUT2D eigenvalue weighted by Crippen LogP contribution is -2.40. The van der Waals surface area contributed by atoms with Crippen molar-refractivity contribution in [2.24, 2.45) is 10.9 Å². The summed E-state index contributed by atoms with van der Waals surface area (Å²) in [6, 6.07) is 20.1. The number of nitrogens with one attached hydrogen (secondary N) is 2. The van der Waals surface area contributed by atoms with E-state index in [0.717, 1.165) is 30.8 Å². The van der Waals surface area contributed by atoms with Crippen LogP contribution in [0.3, 0.4) is 0 Å². The number of oxazole rings is 1. The molecular formula is C25H30IN5O2. The Bertz CT molecular complexity index is 1040. The van der Waals surface area contributed by atoms with Gasteiger partial charge in [-0.15, -0.1) is 24.0 Å². The fourth-order valence-corrected chi connectivity index (χ4v) is 3.85. The minimum absolute atomic E-state index is 0. The van der Waals surface area contributed by atoms with Gasteiger partial charge in [-0.1, -0.05) is 48.5 Å². The summed E-state index contributed by atoms with van der Waals surface area (Å²) in [4.78, 5) is 23.2. The van der Waals surface area contributed by atoms with Gasteiger partial charge in [0.25, 0.3) is 0 Å². The lowest BCUT2D eigenvalue weighted by molar-refractivity contribution is -0.127. The van der Waals surface area contributed by atoms with Crippen LogP contribution in [0.2, 0.25) is 0 Å². The summed E-state index contributed by atoms with van der Waals surface area (Å²) >= 11 is 0. The van der Waals surface area contributed by atoms with E-state index in [4.69, 9.17) is 4.42 Å². The average Bonchev–Trinajstić information content (AvgIpc) is 3.45. The van der Waals surface area contributed by atoms with E-state index in [1.807, 2.05) is 53.4 Å². The van der Waals surface area contributed by atoms with Crippen LogP contribution < -0.4 is 10.6 Å². The molecule has 1 unspecified atom stereocenters. The SMILES string of the molecule is CN=C(NCc1coc(-c2ccccc2)n1)NCC1CC(=O)N(CCc2ccccc2)C1.I. The maximum Gasteiger partial charge on any atom is 0.226 e. The number of guanidine groups is 1. The summed E-state index contributed by atoms with van der Waals surface area (Å²) < 4.78 is 5.58. The molecule has 33 heavy (non-hydrogen) atoms. The van der Waals surface area contributed by atoms with Crippen molar-refractivity contribution in [1.29, 1.82) is 0 Å². The topological polar surface area (TPSA) is 82.8 Å². The Hall–Kier alpha value is -2.88. The van der Waals surface area contributed by atoms with Gasteiger partial charge in [0.2, 0.25) is 11.8 Å². The molecule has 1 fully saturated rings. The zero-order chi connectivity index (χ0) is 22.2. The molecule has 0 bridgehead atoms. The number of nitrogens with zero attached hydrogens (tertiary/aromatic N) is 3. The van der Waals surface area contributed by atoms with Gasteiger partial charge in [0.15, 0.2) is 5.96 Å². The Morgan fingerprint density at radius 2 is 1.85 bits per heavy atom. The van der Waals surface area contributed by atoms with Gasteiger partial charge in [-0.05, 0) is 24.1 Å². The maximum atomic E-state index is 12.4. The van der Waals surface area contributed by atoms with Crippen molar-refractivity contribution in [3.63, 3.8) is 0 Å². The van der Waals surface area contributed by atoms with Crippen LogP contribution >= 0.6 is 24.0 Å². The molecule has 1 aromatic heterocycles. The number of amides is 1. The Morgan fingerprint density at radius 1 is 1.12 bits per heavy atom. The lowest BCUT2D eigenvalue weighted by Gasteiger charge is -2.17. The smallest absolute Gasteiger partial charge is 0.226 e. The summed E-state index contributed by atoms with van der Waals surface area (Å²) in [7, 11) is 1.74. The van der Waals surface area contributed by atoms with Crippen molar-refractivity contribution < 1.29 is 9.21 Å². The van der Waals surface area contributed by atoms with Gasteiger partial charge in [-0.25, -0.2) is 4.98 Å². The van der Waals surface area contributed by atoms with Crippen LogP contribution in [-0.2, 0) is 17.8 Å². The van der Waals surface area contributed by atoms with E-state index in [2.05, 4.69) is 32.7 Å². The number of aliphatic imine (C=N–C) groups is 1. The molecule has 0 radical (unpaired) electrons. The molecule has 1 aliphatic rings. The Kier molecular flexibility index (Phi) is 9.29. The first kappa shape index (κ1) is 24.8. The monoisotopic (exact) mass is 559 g/mol. The first-order valence-electron chi connectivity index (χ1n) is 11.0. The van der Waals surface area contributed by atoms with Crippen LogP contribution in [0.5, 0.6) is 0 Å². The van der Waals surface area contributed by atoms with Gasteiger partial charge in [-0.3, -0.25) is 9.79 Å². The first-order valence-corrected chi connectivity index (χ1v) is 11.0. The summed E-state index contributed by atoms with van der Waals surface area (Å²) in [5.74, 6) is 1.79. The highest BCUT2D eigenvalue weighted by Crippen LogP contribution is 2.19. The number of halogens is 1. The number of aromatic nitrogens is 1. The molecule has 2 N–H and O–H groups in total. The van der Waals surface area contributed by atoms with Gasteiger partial charge < -0.3 is 20.0 Å². The maximum absolute atomic E-state index is 12.4. The Labute approximate surface area is 211 Å². The van der Waals surface area contributed by atoms with Crippen molar-refractivity contribution in [2.45, 2.75) is 19.4 Å². The van der Waals surface area contributed by atoms with Crippen LogP contribution in [0.25, 0.3) is 11.5 Å². The first-order chi connectivity index (χ1) is 15.7. The molecule has 8 heteroatoms. The van der Waals surface area contributed by atoms with E-state index in [1.165, 1.54) is 5.56 Å². The van der Waals surface area contributed by atoms with Crippen molar-refractivity contribution in [3.8, 4) is 11.5 Å². The van der Waals surface area contributed by atoms with Gasteiger partial charge in [-0.2, -0.15) is 0 Å². The normalized spacial score (nSPS) is 15.9. The Balaban J connectivity index is 0.00000306. The number of carbonyl (C=O) groups excluding carboxylic acids is 1. The summed E-state index contributed by atoms with van der Waals surface area (Å²) in [6.45, 7) is 2.74. The summed E-state index contributed by atoms with van der Waals surface area (Å²) in [5.41, 5.74) is 3.01. The number of carbonyl (C=O) groups is 1. The van der Waals surface area contributed by atoms with E-state index >= 15 is 0 Å². The van der Waals surface area contributed by atoms with Gasteiger partial charge in [0, 0.05) is 44.6 Å². The molecule has 174 valence electrons. The fourth-order valence-electron chi connectivity index (χ4n) is 3.85. The highest BCUT2D eigenvalue weighted by molar-refractivity contribution is 14.0. The van der Waals surface area contributed by atoms with Gasteiger partial charge in [0.05, 0.1) is 12.2 Å². The molecule has 3 aromatic rings. The van der Waals surface area contributed by atoms with Gasteiger partial charge in [0.1, 0.15) is 6.26 Å². The highest BCUT2D eigenvalue weighted by Gasteiger charge is 2.29. The van der Waals surface area contributed by atoms with Crippen molar-refractivity contribution in [3.05, 3.63) is 78.2 Å². The summed E-state index contributed by atoms with van der Waals surface area (Å²) in [5, 5.41) is 6.60. The zero-order valence-electron chi connectivity index (χ0n) is 18.7. The molecule has 0 aliphatic carbocycles. The molecule has 1 atom stereocenters. The third-order valence-electron chi connectivity index (χ3n) is 5.60. The molecule has 7 nitrogen and oxygen atoms in total. The quantitative estimate of drug-likeness (QED) is 0.250. The van der Waals surface area contributed by atoms with Crippen LogP contribution in [0.15, 0.2) is 76.3 Å². The minimum Gasteiger partial charge on any atom is -0.444 e. The molecule has 2 heterocycles. The number of rotatable bonds is 8. The van der Waals surface area contributed by atoms with Crippen molar-refractivity contribution in [1.82, 2.24) is 20.5 Å². The lowest BCUT2D eigenvalue weighted by atomic mass is 10.1. The van der Waals surface area contributed by atoms with Crippen LogP contribution in [0.4, 0.5) is 0 Å². The van der Waals surface area contributed by atoms with Crippen LogP contribution in [-0.4, -0.2) is 48.4 Å². The van der Waals surface area contributed by atoms with E-state index in [-0.39, 0.29) is 35.8 Å². The van der Waals surface area contributed by atoms with Gasteiger partial charge >= 0.3 is 0 Å². The molecule has 1 aliphatic heterocycles. The second-order valence-corrected chi connectivity index (χ2v) is 7.96. The third-order valence-corrected chi connectivity index (χ3v) is 5.60.